The molecule has 0 spiro atoms. The minimum absolute atomic E-state index is 0.780. The molecule has 0 atom stereocenters. The van der Waals surface area contributed by atoms with Gasteiger partial charge in [-0.1, -0.05) is 12.1 Å². The van der Waals surface area contributed by atoms with Gasteiger partial charge in [0.25, 0.3) is 0 Å². The van der Waals surface area contributed by atoms with E-state index in [-0.39, 0.29) is 0 Å². The molecule has 0 bridgehead atoms. The Kier molecular flexibility index (Phi) is 3.00. The van der Waals surface area contributed by atoms with Crippen molar-refractivity contribution in [1.82, 2.24) is 9.97 Å². The van der Waals surface area contributed by atoms with Crippen LogP contribution in [0.25, 0.3) is 0 Å². The first-order valence-corrected chi connectivity index (χ1v) is 5.07. The molecule has 16 heavy (non-hydrogen) atoms. The predicted octanol–water partition coefficient (Wildman–Crippen LogP) is 1.70. The maximum atomic E-state index is 5.73. The predicted molar refractivity (Wildman–Crippen MR) is 65.0 cm³/mol. The number of benzene rings is 1. The lowest BCUT2D eigenvalue weighted by Gasteiger charge is -2.17. The number of nitrogens with two attached hydrogens (primary N) is 1. The van der Waals surface area contributed by atoms with E-state index in [2.05, 4.69) is 14.9 Å². The van der Waals surface area contributed by atoms with Crippen LogP contribution in [0, 0.1) is 0 Å². The molecule has 4 heteroatoms. The average molecular weight is 214 g/mol. The van der Waals surface area contributed by atoms with E-state index in [0.717, 1.165) is 18.1 Å². The minimum atomic E-state index is 0.780. The van der Waals surface area contributed by atoms with Crippen LogP contribution in [0.3, 0.4) is 0 Å². The number of nitrogens with zero attached hydrogens (tertiary/aromatic N) is 3. The van der Waals surface area contributed by atoms with Crippen LogP contribution in [0.15, 0.2) is 42.9 Å². The highest BCUT2D eigenvalue weighted by atomic mass is 15.2. The van der Waals surface area contributed by atoms with E-state index in [0.29, 0.717) is 0 Å². The summed E-state index contributed by atoms with van der Waals surface area (Å²) in [5.74, 6) is 0.900. The maximum Gasteiger partial charge on any atom is 0.131 e. The summed E-state index contributed by atoms with van der Waals surface area (Å²) in [4.78, 5) is 10.1. The van der Waals surface area contributed by atoms with Crippen LogP contribution in [0.4, 0.5) is 11.5 Å². The molecule has 0 unspecified atom stereocenters. The standard InChI is InChI=1S/C12H14N4/c1-16(12-5-6-14-9-15-12)8-10-3-2-4-11(13)7-10/h2-7,9H,8,13H2,1H3. The van der Waals surface area contributed by atoms with E-state index in [4.69, 9.17) is 5.73 Å². The second-order valence-corrected chi connectivity index (χ2v) is 3.67. The molecular formula is C12H14N4. The number of anilines is 2. The monoisotopic (exact) mass is 214 g/mol. The van der Waals surface area contributed by atoms with Gasteiger partial charge in [-0.3, -0.25) is 0 Å². The Morgan fingerprint density at radius 3 is 2.88 bits per heavy atom. The molecule has 2 rings (SSSR count). The van der Waals surface area contributed by atoms with Crippen LogP contribution in [0.5, 0.6) is 0 Å². The number of hydrogen-bond donors (Lipinski definition) is 1. The topological polar surface area (TPSA) is 55.0 Å². The van der Waals surface area contributed by atoms with Crippen molar-refractivity contribution in [3.8, 4) is 0 Å². The summed E-state index contributed by atoms with van der Waals surface area (Å²) in [5, 5.41) is 0. The van der Waals surface area contributed by atoms with Crippen molar-refractivity contribution in [2.24, 2.45) is 0 Å². The van der Waals surface area contributed by atoms with E-state index in [1.54, 1.807) is 12.5 Å². The fraction of sp³-hybridized carbons (Fsp3) is 0.167. The van der Waals surface area contributed by atoms with Gasteiger partial charge in [0.2, 0.25) is 0 Å². The second-order valence-electron chi connectivity index (χ2n) is 3.67. The van der Waals surface area contributed by atoms with Crippen LogP contribution in [-0.2, 0) is 6.54 Å². The molecule has 0 aliphatic heterocycles. The first kappa shape index (κ1) is 10.4. The van der Waals surface area contributed by atoms with Gasteiger partial charge in [0.15, 0.2) is 0 Å². The Balaban J connectivity index is 2.11. The quantitative estimate of drug-likeness (QED) is 0.790. The lowest BCUT2D eigenvalue weighted by atomic mass is 10.2. The highest BCUT2D eigenvalue weighted by molar-refractivity contribution is 5.43. The second kappa shape index (κ2) is 4.61. The highest BCUT2D eigenvalue weighted by Crippen LogP contribution is 2.13. The number of rotatable bonds is 3. The third-order valence-electron chi connectivity index (χ3n) is 2.33. The molecule has 0 saturated carbocycles. The molecule has 82 valence electrons. The third-order valence-corrected chi connectivity index (χ3v) is 2.33. The Morgan fingerprint density at radius 2 is 2.19 bits per heavy atom. The average Bonchev–Trinajstić information content (AvgIpc) is 2.30. The fourth-order valence-corrected chi connectivity index (χ4v) is 1.56. The van der Waals surface area contributed by atoms with Gasteiger partial charge in [0.05, 0.1) is 0 Å². The van der Waals surface area contributed by atoms with Crippen LogP contribution in [0.1, 0.15) is 5.56 Å². The third kappa shape index (κ3) is 2.48. The van der Waals surface area contributed by atoms with Crippen molar-refractivity contribution in [2.45, 2.75) is 6.54 Å². The summed E-state index contributed by atoms with van der Waals surface area (Å²) >= 11 is 0. The van der Waals surface area contributed by atoms with Gasteiger partial charge >= 0.3 is 0 Å². The largest absolute Gasteiger partial charge is 0.399 e. The van der Waals surface area contributed by atoms with Crippen molar-refractivity contribution < 1.29 is 0 Å². The Labute approximate surface area is 94.8 Å². The molecule has 0 aliphatic carbocycles. The van der Waals surface area contributed by atoms with Gasteiger partial charge in [-0.2, -0.15) is 0 Å². The summed E-state index contributed by atoms with van der Waals surface area (Å²) in [5.41, 5.74) is 7.68. The Bertz CT molecular complexity index is 456. The van der Waals surface area contributed by atoms with Crippen LogP contribution in [-0.4, -0.2) is 17.0 Å². The van der Waals surface area contributed by atoms with Crippen molar-refractivity contribution in [3.63, 3.8) is 0 Å². The fourth-order valence-electron chi connectivity index (χ4n) is 1.56. The van der Waals surface area contributed by atoms with Crippen molar-refractivity contribution in [2.75, 3.05) is 17.7 Å². The molecule has 0 radical (unpaired) electrons. The molecule has 2 aromatic rings. The zero-order chi connectivity index (χ0) is 11.4. The van der Waals surface area contributed by atoms with Crippen molar-refractivity contribution >= 4 is 11.5 Å². The number of aromatic nitrogens is 2. The molecular weight excluding hydrogens is 200 g/mol. The van der Waals surface area contributed by atoms with Gasteiger partial charge in [0.1, 0.15) is 12.1 Å². The van der Waals surface area contributed by atoms with Gasteiger partial charge in [-0.15, -0.1) is 0 Å². The first-order valence-electron chi connectivity index (χ1n) is 5.07. The zero-order valence-corrected chi connectivity index (χ0v) is 9.17. The summed E-state index contributed by atoms with van der Waals surface area (Å²) in [7, 11) is 1.99. The summed E-state index contributed by atoms with van der Waals surface area (Å²) in [6.45, 7) is 0.780. The first-order chi connectivity index (χ1) is 7.75. The number of hydrogen-bond acceptors (Lipinski definition) is 4. The van der Waals surface area contributed by atoms with Gasteiger partial charge in [0, 0.05) is 25.5 Å². The molecule has 0 amide bonds. The lowest BCUT2D eigenvalue weighted by Crippen LogP contribution is -2.17. The van der Waals surface area contributed by atoms with Crippen molar-refractivity contribution in [1.29, 1.82) is 0 Å². The Morgan fingerprint density at radius 1 is 1.31 bits per heavy atom. The molecule has 0 aliphatic rings. The van der Waals surface area contributed by atoms with E-state index in [1.807, 2.05) is 37.4 Å². The van der Waals surface area contributed by atoms with E-state index < -0.39 is 0 Å². The maximum absolute atomic E-state index is 5.73. The SMILES string of the molecule is CN(Cc1cccc(N)c1)c1ccncn1. The van der Waals surface area contributed by atoms with E-state index >= 15 is 0 Å². The molecule has 0 saturated heterocycles. The smallest absolute Gasteiger partial charge is 0.131 e. The zero-order valence-electron chi connectivity index (χ0n) is 9.17. The summed E-state index contributed by atoms with van der Waals surface area (Å²) in [6.07, 6.45) is 3.28. The normalized spacial score (nSPS) is 10.1. The van der Waals surface area contributed by atoms with Gasteiger partial charge in [-0.05, 0) is 23.8 Å². The summed E-state index contributed by atoms with van der Waals surface area (Å²) < 4.78 is 0. The van der Waals surface area contributed by atoms with E-state index in [9.17, 15) is 0 Å². The lowest BCUT2D eigenvalue weighted by molar-refractivity contribution is 0.891. The minimum Gasteiger partial charge on any atom is -0.399 e. The Hall–Kier alpha value is -2.10. The van der Waals surface area contributed by atoms with E-state index in [1.165, 1.54) is 5.56 Å². The summed E-state index contributed by atoms with van der Waals surface area (Å²) in [6, 6.07) is 9.74. The molecule has 1 aromatic heterocycles. The molecule has 2 N–H and O–H groups in total. The van der Waals surface area contributed by atoms with Gasteiger partial charge < -0.3 is 10.6 Å². The van der Waals surface area contributed by atoms with Gasteiger partial charge in [-0.25, -0.2) is 9.97 Å². The van der Waals surface area contributed by atoms with Crippen LogP contribution in [0.2, 0.25) is 0 Å². The van der Waals surface area contributed by atoms with Crippen LogP contribution >= 0.6 is 0 Å². The molecule has 4 nitrogen and oxygen atoms in total. The molecule has 1 aromatic carbocycles. The van der Waals surface area contributed by atoms with Crippen molar-refractivity contribution in [3.05, 3.63) is 48.4 Å². The van der Waals surface area contributed by atoms with Crippen LogP contribution < -0.4 is 10.6 Å². The molecule has 0 fully saturated rings. The number of nitrogen functional groups attached to an aromatic ring is 1. The molecule has 1 heterocycles. The highest BCUT2D eigenvalue weighted by Gasteiger charge is 2.02.